The van der Waals surface area contributed by atoms with Gasteiger partial charge >= 0.3 is 0 Å². The molecule has 1 aromatic heterocycles. The summed E-state index contributed by atoms with van der Waals surface area (Å²) in [6.07, 6.45) is 2.21. The smallest absolute Gasteiger partial charge is 0.244 e. The second-order valence-electron chi connectivity index (χ2n) is 5.44. The van der Waals surface area contributed by atoms with Crippen LogP contribution in [0.15, 0.2) is 24.3 Å². The van der Waals surface area contributed by atoms with Gasteiger partial charge in [-0.05, 0) is 37.1 Å². The lowest BCUT2D eigenvalue weighted by Crippen LogP contribution is -2.42. The summed E-state index contributed by atoms with van der Waals surface area (Å²) in [6, 6.07) is 5.06. The number of benzene rings is 1. The van der Waals surface area contributed by atoms with Gasteiger partial charge in [-0.2, -0.15) is 4.31 Å². The fourth-order valence-corrected chi connectivity index (χ4v) is 4.45. The molecule has 2 heterocycles. The maximum absolute atomic E-state index is 12.9. The van der Waals surface area contributed by atoms with Gasteiger partial charge in [-0.25, -0.2) is 12.8 Å². The van der Waals surface area contributed by atoms with Crippen molar-refractivity contribution in [3.05, 3.63) is 30.1 Å². The molecule has 0 saturated carbocycles. The summed E-state index contributed by atoms with van der Waals surface area (Å²) in [5, 5.41) is 11.3. The van der Waals surface area contributed by atoms with Crippen LogP contribution in [0, 0.1) is 5.82 Å². The third-order valence-electron chi connectivity index (χ3n) is 3.68. The third kappa shape index (κ3) is 3.60. The molecule has 1 saturated heterocycles. The van der Waals surface area contributed by atoms with Gasteiger partial charge in [0, 0.05) is 12.1 Å². The molecule has 24 heavy (non-hydrogen) atoms. The van der Waals surface area contributed by atoms with Crippen molar-refractivity contribution in [3.63, 3.8) is 0 Å². The van der Waals surface area contributed by atoms with E-state index in [0.29, 0.717) is 30.0 Å². The average molecular weight is 370 g/mol. The van der Waals surface area contributed by atoms with E-state index in [0.717, 1.165) is 17.6 Å². The van der Waals surface area contributed by atoms with E-state index >= 15 is 0 Å². The molecule has 0 bridgehead atoms. The molecule has 7 nitrogen and oxygen atoms in total. The van der Waals surface area contributed by atoms with Crippen LogP contribution in [0.4, 0.5) is 9.52 Å². The van der Waals surface area contributed by atoms with Crippen molar-refractivity contribution in [3.8, 4) is 10.6 Å². The molecular weight excluding hydrogens is 355 g/mol. The van der Waals surface area contributed by atoms with Crippen molar-refractivity contribution in [1.82, 2.24) is 14.5 Å². The molecule has 0 aliphatic carbocycles. The lowest BCUT2D eigenvalue weighted by atomic mass is 10.2. The topological polar surface area (TPSA) is 92.3 Å². The van der Waals surface area contributed by atoms with Gasteiger partial charge in [0.15, 0.2) is 0 Å². The molecule has 10 heteroatoms. The van der Waals surface area contributed by atoms with E-state index in [1.807, 2.05) is 0 Å². The lowest BCUT2D eigenvalue weighted by Gasteiger charge is -2.20. The Labute approximate surface area is 142 Å². The number of hydrogen-bond donors (Lipinski definition) is 1. The van der Waals surface area contributed by atoms with Crippen molar-refractivity contribution < 1.29 is 17.6 Å². The quantitative estimate of drug-likeness (QED) is 0.884. The summed E-state index contributed by atoms with van der Waals surface area (Å²) < 4.78 is 37.6. The molecule has 1 aromatic carbocycles. The van der Waals surface area contributed by atoms with Crippen LogP contribution in [-0.2, 0) is 14.8 Å². The molecule has 0 spiro atoms. The van der Waals surface area contributed by atoms with Gasteiger partial charge in [0.1, 0.15) is 16.9 Å². The van der Waals surface area contributed by atoms with E-state index in [1.54, 1.807) is 12.1 Å². The maximum atomic E-state index is 12.9. The number of rotatable bonds is 4. The Morgan fingerprint density at radius 3 is 2.71 bits per heavy atom. The molecule has 1 unspecified atom stereocenters. The first-order chi connectivity index (χ1) is 11.3. The Morgan fingerprint density at radius 2 is 2.04 bits per heavy atom. The van der Waals surface area contributed by atoms with Gasteiger partial charge in [-0.15, -0.1) is 10.2 Å². The Kier molecular flexibility index (Phi) is 4.61. The highest BCUT2D eigenvalue weighted by molar-refractivity contribution is 7.88. The highest BCUT2D eigenvalue weighted by Crippen LogP contribution is 2.27. The summed E-state index contributed by atoms with van der Waals surface area (Å²) in [4.78, 5) is 12.3. The van der Waals surface area contributed by atoms with Crippen molar-refractivity contribution in [2.45, 2.75) is 18.9 Å². The minimum Gasteiger partial charge on any atom is -0.299 e. The van der Waals surface area contributed by atoms with E-state index in [9.17, 15) is 17.6 Å². The number of carbonyl (C=O) groups is 1. The molecule has 0 radical (unpaired) electrons. The monoisotopic (exact) mass is 370 g/mol. The molecule has 1 atom stereocenters. The van der Waals surface area contributed by atoms with Crippen LogP contribution in [0.1, 0.15) is 12.8 Å². The molecular formula is C14H15FN4O3S2. The highest BCUT2D eigenvalue weighted by atomic mass is 32.2. The van der Waals surface area contributed by atoms with Crippen LogP contribution >= 0.6 is 11.3 Å². The number of aromatic nitrogens is 2. The molecule has 3 rings (SSSR count). The summed E-state index contributed by atoms with van der Waals surface area (Å²) in [5.41, 5.74) is 0.688. The summed E-state index contributed by atoms with van der Waals surface area (Å²) in [6.45, 7) is 0.341. The van der Waals surface area contributed by atoms with E-state index < -0.39 is 22.0 Å². The van der Waals surface area contributed by atoms with Gasteiger partial charge in [0.2, 0.25) is 21.1 Å². The normalized spacial score (nSPS) is 18.7. The molecule has 1 amide bonds. The minimum atomic E-state index is -3.43. The van der Waals surface area contributed by atoms with Crippen molar-refractivity contribution in [1.29, 1.82) is 0 Å². The fourth-order valence-electron chi connectivity index (χ4n) is 2.57. The van der Waals surface area contributed by atoms with Crippen LogP contribution in [0.5, 0.6) is 0 Å². The number of sulfonamides is 1. The number of anilines is 1. The zero-order valence-corrected chi connectivity index (χ0v) is 14.4. The van der Waals surface area contributed by atoms with Gasteiger partial charge in [-0.3, -0.25) is 10.1 Å². The zero-order chi connectivity index (χ0) is 17.3. The Morgan fingerprint density at radius 1 is 1.33 bits per heavy atom. The molecule has 1 fully saturated rings. The number of nitrogens with zero attached hydrogens (tertiary/aromatic N) is 3. The summed E-state index contributed by atoms with van der Waals surface area (Å²) in [5.74, 6) is -0.765. The zero-order valence-electron chi connectivity index (χ0n) is 12.8. The lowest BCUT2D eigenvalue weighted by molar-refractivity contribution is -0.119. The SMILES string of the molecule is CS(=O)(=O)N1CCCC1C(=O)Nc1nnc(-c2ccc(F)cc2)s1. The highest BCUT2D eigenvalue weighted by Gasteiger charge is 2.36. The molecule has 1 aliphatic rings. The second kappa shape index (κ2) is 6.54. The molecule has 128 valence electrons. The first kappa shape index (κ1) is 16.9. The number of hydrogen-bond acceptors (Lipinski definition) is 6. The van der Waals surface area contributed by atoms with Gasteiger partial charge in [0.25, 0.3) is 0 Å². The third-order valence-corrected chi connectivity index (χ3v) is 5.86. The first-order valence-electron chi connectivity index (χ1n) is 7.22. The number of halogens is 1. The van der Waals surface area contributed by atoms with E-state index in [-0.39, 0.29) is 10.9 Å². The fraction of sp³-hybridized carbons (Fsp3) is 0.357. The molecule has 2 aromatic rings. The minimum absolute atomic E-state index is 0.277. The predicted molar refractivity (Wildman–Crippen MR) is 88.5 cm³/mol. The van der Waals surface area contributed by atoms with Crippen LogP contribution < -0.4 is 5.32 Å². The number of amides is 1. The summed E-state index contributed by atoms with van der Waals surface area (Å²) in [7, 11) is -3.43. The number of carbonyl (C=O) groups excluding carboxylic acids is 1. The first-order valence-corrected chi connectivity index (χ1v) is 9.88. The van der Waals surface area contributed by atoms with Crippen LogP contribution in [-0.4, -0.2) is 47.7 Å². The largest absolute Gasteiger partial charge is 0.299 e. The van der Waals surface area contributed by atoms with Gasteiger partial charge < -0.3 is 0 Å². The van der Waals surface area contributed by atoms with E-state index in [4.69, 9.17) is 0 Å². The Hall–Kier alpha value is -1.91. The molecule has 1 N–H and O–H groups in total. The Bertz CT molecular complexity index is 851. The van der Waals surface area contributed by atoms with Crippen molar-refractivity contribution >= 4 is 32.4 Å². The standard InChI is InChI=1S/C14H15FN4O3S2/c1-24(21,22)19-8-2-3-11(19)12(20)16-14-18-17-13(23-14)9-4-6-10(15)7-5-9/h4-7,11H,2-3,8H2,1H3,(H,16,18,20). The Balaban J connectivity index is 1.72. The van der Waals surface area contributed by atoms with Crippen LogP contribution in [0.25, 0.3) is 10.6 Å². The molecule has 1 aliphatic heterocycles. The van der Waals surface area contributed by atoms with Gasteiger partial charge in [-0.1, -0.05) is 11.3 Å². The average Bonchev–Trinajstić information content (AvgIpc) is 3.16. The summed E-state index contributed by atoms with van der Waals surface area (Å²) >= 11 is 1.14. The van der Waals surface area contributed by atoms with E-state index in [2.05, 4.69) is 15.5 Å². The van der Waals surface area contributed by atoms with Crippen molar-refractivity contribution in [2.24, 2.45) is 0 Å². The number of nitrogens with one attached hydrogen (secondary N) is 1. The van der Waals surface area contributed by atoms with Crippen molar-refractivity contribution in [2.75, 3.05) is 18.1 Å². The van der Waals surface area contributed by atoms with Gasteiger partial charge in [0.05, 0.1) is 6.26 Å². The van der Waals surface area contributed by atoms with Crippen LogP contribution in [0.2, 0.25) is 0 Å². The second-order valence-corrected chi connectivity index (χ2v) is 8.35. The predicted octanol–water partition coefficient (Wildman–Crippen LogP) is 1.71. The maximum Gasteiger partial charge on any atom is 0.244 e. The van der Waals surface area contributed by atoms with E-state index in [1.165, 1.54) is 16.4 Å². The van der Waals surface area contributed by atoms with Crippen LogP contribution in [0.3, 0.4) is 0 Å².